The molecule has 1 amide bonds. The Hall–Kier alpha value is -0.570. The van der Waals surface area contributed by atoms with Crippen molar-refractivity contribution in [1.29, 1.82) is 0 Å². The molecule has 2 fully saturated rings. The number of aliphatic imine (C=N–C) groups is 1. The largest absolute Gasteiger partial charge is 0.385 e. The Bertz CT molecular complexity index is 433. The lowest BCUT2D eigenvalue weighted by atomic mass is 9.83. The molecular weight excluding hydrogens is 443 g/mol. The molecule has 0 heterocycles. The molecule has 0 unspecified atom stereocenters. The third-order valence-electron chi connectivity index (χ3n) is 5.74. The van der Waals surface area contributed by atoms with E-state index in [0.29, 0.717) is 17.4 Å². The van der Waals surface area contributed by atoms with Crippen molar-refractivity contribution in [3.8, 4) is 0 Å². The zero-order chi connectivity index (χ0) is 18.0. The first-order valence-corrected chi connectivity index (χ1v) is 9.90. The van der Waals surface area contributed by atoms with Crippen LogP contribution < -0.4 is 16.0 Å². The van der Waals surface area contributed by atoms with Gasteiger partial charge in [-0.1, -0.05) is 32.1 Å². The van der Waals surface area contributed by atoms with E-state index in [0.717, 1.165) is 32.4 Å². The van der Waals surface area contributed by atoms with Crippen LogP contribution in [0.25, 0.3) is 0 Å². The van der Waals surface area contributed by atoms with E-state index in [1.807, 2.05) is 0 Å². The van der Waals surface area contributed by atoms with Crippen LogP contribution in [0.3, 0.4) is 0 Å². The number of halogens is 1. The molecule has 7 heteroatoms. The molecular formula is C19H37IN4O2. The van der Waals surface area contributed by atoms with Crippen molar-refractivity contribution in [3.05, 3.63) is 0 Å². The monoisotopic (exact) mass is 480 g/mol. The number of carbonyl (C=O) groups is 1. The van der Waals surface area contributed by atoms with E-state index in [4.69, 9.17) is 4.74 Å². The van der Waals surface area contributed by atoms with Gasteiger partial charge in [0.25, 0.3) is 0 Å². The molecule has 2 saturated carbocycles. The van der Waals surface area contributed by atoms with Gasteiger partial charge in [0.2, 0.25) is 5.91 Å². The molecule has 0 radical (unpaired) electrons. The van der Waals surface area contributed by atoms with E-state index in [2.05, 4.69) is 20.9 Å². The fourth-order valence-corrected chi connectivity index (χ4v) is 4.14. The van der Waals surface area contributed by atoms with Crippen molar-refractivity contribution in [3.63, 3.8) is 0 Å². The molecule has 0 saturated heterocycles. The quantitative estimate of drug-likeness (QED) is 0.284. The van der Waals surface area contributed by atoms with Crippen molar-refractivity contribution in [2.24, 2.45) is 10.4 Å². The molecule has 3 N–H and O–H groups in total. The summed E-state index contributed by atoms with van der Waals surface area (Å²) in [5.41, 5.74) is 0.304. The number of hydrogen-bond acceptors (Lipinski definition) is 3. The Labute approximate surface area is 175 Å². The third kappa shape index (κ3) is 7.98. The van der Waals surface area contributed by atoms with Gasteiger partial charge in [-0.3, -0.25) is 9.79 Å². The summed E-state index contributed by atoms with van der Waals surface area (Å²) in [5, 5.41) is 9.71. The fraction of sp³-hybridized carbons (Fsp3) is 0.895. The van der Waals surface area contributed by atoms with Crippen LogP contribution in [0.15, 0.2) is 4.99 Å². The molecule has 0 bridgehead atoms. The third-order valence-corrected chi connectivity index (χ3v) is 5.74. The van der Waals surface area contributed by atoms with Gasteiger partial charge >= 0.3 is 0 Å². The Morgan fingerprint density at radius 2 is 1.81 bits per heavy atom. The Morgan fingerprint density at radius 3 is 2.42 bits per heavy atom. The first-order chi connectivity index (χ1) is 12.2. The summed E-state index contributed by atoms with van der Waals surface area (Å²) in [4.78, 5) is 16.4. The number of nitrogens with zero attached hydrogens (tertiary/aromatic N) is 1. The second-order valence-corrected chi connectivity index (χ2v) is 7.63. The van der Waals surface area contributed by atoms with Crippen LogP contribution in [0.1, 0.15) is 64.2 Å². The van der Waals surface area contributed by atoms with E-state index >= 15 is 0 Å². The van der Waals surface area contributed by atoms with Gasteiger partial charge in [0.15, 0.2) is 5.96 Å². The van der Waals surface area contributed by atoms with E-state index in [-0.39, 0.29) is 36.4 Å². The molecule has 152 valence electrons. The maximum Gasteiger partial charge on any atom is 0.239 e. The molecule has 2 aliphatic carbocycles. The summed E-state index contributed by atoms with van der Waals surface area (Å²) in [6.45, 7) is 1.97. The minimum atomic E-state index is 0. The number of hydrogen-bond donors (Lipinski definition) is 3. The molecule has 0 aliphatic heterocycles. The van der Waals surface area contributed by atoms with E-state index in [1.165, 1.54) is 44.9 Å². The smallest absolute Gasteiger partial charge is 0.239 e. The molecule has 0 aromatic carbocycles. The van der Waals surface area contributed by atoms with Gasteiger partial charge < -0.3 is 20.7 Å². The molecule has 26 heavy (non-hydrogen) atoms. The molecule has 0 aromatic rings. The predicted molar refractivity (Wildman–Crippen MR) is 117 cm³/mol. The zero-order valence-electron chi connectivity index (χ0n) is 16.4. The van der Waals surface area contributed by atoms with E-state index < -0.39 is 0 Å². The first-order valence-electron chi connectivity index (χ1n) is 9.90. The van der Waals surface area contributed by atoms with Gasteiger partial charge in [-0.05, 0) is 37.5 Å². The lowest BCUT2D eigenvalue weighted by Gasteiger charge is -2.30. The van der Waals surface area contributed by atoms with Gasteiger partial charge in [-0.2, -0.15) is 0 Å². The Balaban J connectivity index is 0.00000338. The average Bonchev–Trinajstić information content (AvgIpc) is 3.10. The summed E-state index contributed by atoms with van der Waals surface area (Å²) in [5.74, 6) is 0.771. The average molecular weight is 480 g/mol. The lowest BCUT2D eigenvalue weighted by molar-refractivity contribution is -0.120. The number of carbonyl (C=O) groups excluding carboxylic acids is 1. The number of rotatable bonds is 8. The van der Waals surface area contributed by atoms with Crippen LogP contribution >= 0.6 is 24.0 Å². The highest BCUT2D eigenvalue weighted by Crippen LogP contribution is 2.40. The standard InChI is InChI=1S/C19H36N4O2.HI/c1-20-18(21-14-17(24)23-16-8-4-3-5-9-16)22-15-19(12-13-25-2)10-6-7-11-19;/h16H,3-15H2,1-2H3,(H,23,24)(H2,20,21,22);1H. The normalized spacial score (nSPS) is 20.3. The summed E-state index contributed by atoms with van der Waals surface area (Å²) < 4.78 is 5.29. The Morgan fingerprint density at radius 1 is 1.12 bits per heavy atom. The van der Waals surface area contributed by atoms with Crippen molar-refractivity contribution in [2.75, 3.05) is 33.9 Å². The van der Waals surface area contributed by atoms with Crippen LogP contribution in [0, 0.1) is 5.41 Å². The molecule has 0 atom stereocenters. The highest BCUT2D eigenvalue weighted by molar-refractivity contribution is 14.0. The predicted octanol–water partition coefficient (Wildman–Crippen LogP) is 2.82. The van der Waals surface area contributed by atoms with Crippen molar-refractivity contribution in [1.82, 2.24) is 16.0 Å². The minimum Gasteiger partial charge on any atom is -0.385 e. The molecule has 6 nitrogen and oxygen atoms in total. The first kappa shape index (κ1) is 23.5. The SMILES string of the molecule is CN=C(NCC(=O)NC1CCCCC1)NCC1(CCOC)CCCC1.I. The van der Waals surface area contributed by atoms with Gasteiger partial charge in [-0.25, -0.2) is 0 Å². The summed E-state index contributed by atoms with van der Waals surface area (Å²) >= 11 is 0. The topological polar surface area (TPSA) is 74.8 Å². The Kier molecular flexibility index (Phi) is 11.5. The van der Waals surface area contributed by atoms with Gasteiger partial charge in [0.1, 0.15) is 0 Å². The maximum absolute atomic E-state index is 12.1. The fourth-order valence-electron chi connectivity index (χ4n) is 4.14. The molecule has 0 aromatic heterocycles. The molecule has 2 aliphatic rings. The number of guanidine groups is 1. The van der Waals surface area contributed by atoms with Crippen LogP contribution in [0.5, 0.6) is 0 Å². The maximum atomic E-state index is 12.1. The highest BCUT2D eigenvalue weighted by Gasteiger charge is 2.33. The van der Waals surface area contributed by atoms with Crippen LogP contribution in [0.4, 0.5) is 0 Å². The number of nitrogens with one attached hydrogen (secondary N) is 3. The summed E-state index contributed by atoms with van der Waals surface area (Å²) in [7, 11) is 3.52. The molecule has 0 spiro atoms. The van der Waals surface area contributed by atoms with Gasteiger partial charge in [0.05, 0.1) is 6.54 Å². The zero-order valence-corrected chi connectivity index (χ0v) is 18.8. The van der Waals surface area contributed by atoms with Gasteiger partial charge in [0, 0.05) is 33.4 Å². The lowest BCUT2D eigenvalue weighted by Crippen LogP contribution is -2.48. The van der Waals surface area contributed by atoms with E-state index in [1.54, 1.807) is 14.2 Å². The van der Waals surface area contributed by atoms with Crippen LogP contribution in [-0.2, 0) is 9.53 Å². The number of methoxy groups -OCH3 is 1. The van der Waals surface area contributed by atoms with Crippen molar-refractivity contribution >= 4 is 35.8 Å². The summed E-state index contributed by atoms with van der Waals surface area (Å²) in [6, 6.07) is 0.355. The van der Waals surface area contributed by atoms with Gasteiger partial charge in [-0.15, -0.1) is 24.0 Å². The minimum absolute atomic E-state index is 0. The summed E-state index contributed by atoms with van der Waals surface area (Å²) in [6.07, 6.45) is 12.1. The molecule has 2 rings (SSSR count). The second kappa shape index (κ2) is 12.8. The number of ether oxygens (including phenoxy) is 1. The van der Waals surface area contributed by atoms with E-state index in [9.17, 15) is 4.79 Å². The van der Waals surface area contributed by atoms with Crippen LogP contribution in [-0.4, -0.2) is 51.8 Å². The van der Waals surface area contributed by atoms with Crippen molar-refractivity contribution < 1.29 is 9.53 Å². The van der Waals surface area contributed by atoms with Crippen LogP contribution in [0.2, 0.25) is 0 Å². The number of amides is 1. The van der Waals surface area contributed by atoms with Crippen molar-refractivity contribution in [2.45, 2.75) is 70.3 Å². The highest BCUT2D eigenvalue weighted by atomic mass is 127. The second-order valence-electron chi connectivity index (χ2n) is 7.63.